The third-order valence-corrected chi connectivity index (χ3v) is 8.28. The highest BCUT2D eigenvalue weighted by atomic mass is 19.1. The van der Waals surface area contributed by atoms with Crippen LogP contribution in [0.2, 0.25) is 0 Å². The fraction of sp³-hybridized carbons (Fsp3) is 0.324. The molecule has 1 amide bonds. The molecule has 0 saturated carbocycles. The summed E-state index contributed by atoms with van der Waals surface area (Å²) in [5.74, 6) is 0.412. The molecular formula is C34H37FN6O. The van der Waals surface area contributed by atoms with Gasteiger partial charge in [-0.2, -0.15) is 0 Å². The molecule has 1 aliphatic heterocycles. The second-order valence-corrected chi connectivity index (χ2v) is 11.3. The number of rotatable bonds is 9. The van der Waals surface area contributed by atoms with Crippen LogP contribution in [-0.4, -0.2) is 72.0 Å². The first-order valence-electron chi connectivity index (χ1n) is 14.8. The molecule has 1 atom stereocenters. The molecule has 1 unspecified atom stereocenters. The maximum atomic E-state index is 13.2. The standard InChI is InChI=1S/C34H37FN6O/c1-40-17-19-41(20-18-40)16-4-15-36-34-37-23-26-22-31(29-5-2-3-6-30(29)33(26)39-34)25-9-13-28(14-10-25)38-32(42)21-24-7-11-27(35)12-8-24/h2-3,5-14,23,31H,4,15-22H2,1H3,(H,38,42)(H,36,37,39). The Morgan fingerprint density at radius 3 is 2.52 bits per heavy atom. The maximum Gasteiger partial charge on any atom is 0.228 e. The van der Waals surface area contributed by atoms with Crippen molar-refractivity contribution in [1.82, 2.24) is 19.8 Å². The van der Waals surface area contributed by atoms with E-state index in [0.717, 1.165) is 80.2 Å². The Morgan fingerprint density at radius 2 is 1.74 bits per heavy atom. The van der Waals surface area contributed by atoms with Gasteiger partial charge in [0.15, 0.2) is 0 Å². The number of carbonyl (C=O) groups is 1. The van der Waals surface area contributed by atoms with E-state index in [0.29, 0.717) is 5.95 Å². The maximum absolute atomic E-state index is 13.2. The zero-order chi connectivity index (χ0) is 28.9. The molecule has 2 aliphatic rings. The SMILES string of the molecule is CN1CCN(CCCNc2ncc3c(n2)-c2ccccc2C(c2ccc(NC(=O)Cc4ccc(F)cc4)cc2)C3)CC1. The Balaban J connectivity index is 1.09. The van der Waals surface area contributed by atoms with Gasteiger partial charge in [-0.1, -0.05) is 48.5 Å². The van der Waals surface area contributed by atoms with E-state index in [-0.39, 0.29) is 24.1 Å². The summed E-state index contributed by atoms with van der Waals surface area (Å²) in [6, 6.07) is 22.5. The van der Waals surface area contributed by atoms with Gasteiger partial charge in [-0.15, -0.1) is 0 Å². The van der Waals surface area contributed by atoms with Gasteiger partial charge in [-0.25, -0.2) is 14.4 Å². The number of amides is 1. The van der Waals surface area contributed by atoms with Gasteiger partial charge >= 0.3 is 0 Å². The second-order valence-electron chi connectivity index (χ2n) is 11.3. The van der Waals surface area contributed by atoms with Crippen LogP contribution in [0.15, 0.2) is 79.0 Å². The van der Waals surface area contributed by atoms with Crippen molar-refractivity contribution in [2.45, 2.75) is 25.2 Å². The van der Waals surface area contributed by atoms with Gasteiger partial charge < -0.3 is 20.4 Å². The van der Waals surface area contributed by atoms with Crippen LogP contribution in [-0.2, 0) is 17.6 Å². The number of nitrogens with zero attached hydrogens (tertiary/aromatic N) is 4. The normalized spacial score (nSPS) is 16.9. The topological polar surface area (TPSA) is 73.4 Å². The lowest BCUT2D eigenvalue weighted by molar-refractivity contribution is -0.115. The first kappa shape index (κ1) is 28.0. The molecule has 4 aromatic rings. The lowest BCUT2D eigenvalue weighted by Crippen LogP contribution is -2.44. The molecule has 3 aromatic carbocycles. The van der Waals surface area contributed by atoms with Crippen LogP contribution < -0.4 is 10.6 Å². The van der Waals surface area contributed by atoms with Crippen molar-refractivity contribution in [1.29, 1.82) is 0 Å². The van der Waals surface area contributed by atoms with Gasteiger partial charge in [0.2, 0.25) is 11.9 Å². The minimum Gasteiger partial charge on any atom is -0.354 e. The van der Waals surface area contributed by atoms with Crippen molar-refractivity contribution >= 4 is 17.5 Å². The lowest BCUT2D eigenvalue weighted by Gasteiger charge is -2.32. The van der Waals surface area contributed by atoms with Crippen LogP contribution in [0.1, 0.15) is 34.6 Å². The Labute approximate surface area is 246 Å². The van der Waals surface area contributed by atoms with Crippen molar-refractivity contribution < 1.29 is 9.18 Å². The highest BCUT2D eigenvalue weighted by Crippen LogP contribution is 2.42. The summed E-state index contributed by atoms with van der Waals surface area (Å²) in [5, 5.41) is 6.40. The molecule has 1 saturated heterocycles. The number of fused-ring (bicyclic) bond motifs is 3. The highest BCUT2D eigenvalue weighted by molar-refractivity contribution is 5.92. The van der Waals surface area contributed by atoms with E-state index in [9.17, 15) is 9.18 Å². The summed E-state index contributed by atoms with van der Waals surface area (Å²) >= 11 is 0. The van der Waals surface area contributed by atoms with Crippen molar-refractivity contribution in [2.75, 3.05) is 56.9 Å². The van der Waals surface area contributed by atoms with E-state index >= 15 is 0 Å². The minimum atomic E-state index is -0.308. The summed E-state index contributed by atoms with van der Waals surface area (Å²) in [4.78, 5) is 27.0. The van der Waals surface area contributed by atoms with Crippen molar-refractivity contribution in [3.8, 4) is 11.3 Å². The van der Waals surface area contributed by atoms with Crippen LogP contribution in [0.3, 0.4) is 0 Å². The fourth-order valence-corrected chi connectivity index (χ4v) is 5.88. The van der Waals surface area contributed by atoms with Crippen molar-refractivity contribution in [2.24, 2.45) is 0 Å². The summed E-state index contributed by atoms with van der Waals surface area (Å²) in [7, 11) is 2.18. The third-order valence-electron chi connectivity index (χ3n) is 8.28. The largest absolute Gasteiger partial charge is 0.354 e. The van der Waals surface area contributed by atoms with Crippen LogP contribution in [0.4, 0.5) is 16.0 Å². The molecule has 1 aliphatic carbocycles. The smallest absolute Gasteiger partial charge is 0.228 e. The highest BCUT2D eigenvalue weighted by Gasteiger charge is 2.27. The first-order chi connectivity index (χ1) is 20.5. The number of hydrogen-bond acceptors (Lipinski definition) is 6. The second kappa shape index (κ2) is 12.8. The fourth-order valence-electron chi connectivity index (χ4n) is 5.88. The van der Waals surface area contributed by atoms with E-state index in [1.165, 1.54) is 23.3 Å². The third kappa shape index (κ3) is 6.66. The Morgan fingerprint density at radius 1 is 0.976 bits per heavy atom. The van der Waals surface area contributed by atoms with E-state index in [2.05, 4.69) is 68.9 Å². The average Bonchev–Trinajstić information content (AvgIpc) is 3.01. The van der Waals surface area contributed by atoms with E-state index in [1.54, 1.807) is 12.1 Å². The number of carbonyl (C=O) groups excluding carboxylic acids is 1. The van der Waals surface area contributed by atoms with Gasteiger partial charge in [-0.05, 0) is 73.0 Å². The molecule has 2 heterocycles. The van der Waals surface area contributed by atoms with Crippen LogP contribution >= 0.6 is 0 Å². The lowest BCUT2D eigenvalue weighted by atomic mass is 9.78. The molecule has 42 heavy (non-hydrogen) atoms. The molecule has 0 bridgehead atoms. The van der Waals surface area contributed by atoms with Gasteiger partial charge in [0.05, 0.1) is 12.1 Å². The number of hydrogen-bond donors (Lipinski definition) is 2. The average molecular weight is 565 g/mol. The number of aromatic nitrogens is 2. The molecule has 0 radical (unpaired) electrons. The molecule has 8 heteroatoms. The van der Waals surface area contributed by atoms with Crippen LogP contribution in [0, 0.1) is 5.82 Å². The van der Waals surface area contributed by atoms with E-state index in [4.69, 9.17) is 4.98 Å². The predicted octanol–water partition coefficient (Wildman–Crippen LogP) is 5.20. The van der Waals surface area contributed by atoms with Crippen LogP contribution in [0.5, 0.6) is 0 Å². The Bertz CT molecular complexity index is 1520. The molecule has 2 N–H and O–H groups in total. The first-order valence-corrected chi connectivity index (χ1v) is 14.8. The molecule has 6 rings (SSSR count). The zero-order valence-corrected chi connectivity index (χ0v) is 24.0. The minimum absolute atomic E-state index is 0.132. The summed E-state index contributed by atoms with van der Waals surface area (Å²) in [5.41, 5.74) is 7.22. The summed E-state index contributed by atoms with van der Waals surface area (Å²) in [6.45, 7) is 6.50. The predicted molar refractivity (Wildman–Crippen MR) is 165 cm³/mol. The number of piperazine rings is 1. The van der Waals surface area contributed by atoms with E-state index < -0.39 is 0 Å². The number of halogens is 1. The van der Waals surface area contributed by atoms with Gasteiger partial charge in [0, 0.05) is 56.1 Å². The van der Waals surface area contributed by atoms with Crippen LogP contribution in [0.25, 0.3) is 11.3 Å². The summed E-state index contributed by atoms with van der Waals surface area (Å²) < 4.78 is 13.2. The molecular weight excluding hydrogens is 527 g/mol. The molecule has 7 nitrogen and oxygen atoms in total. The Hall–Kier alpha value is -4.14. The van der Waals surface area contributed by atoms with Gasteiger partial charge in [0.1, 0.15) is 5.82 Å². The quantitative estimate of drug-likeness (QED) is 0.272. The monoisotopic (exact) mass is 564 g/mol. The number of nitrogens with one attached hydrogen (secondary N) is 2. The van der Waals surface area contributed by atoms with Crippen molar-refractivity contribution in [3.05, 3.63) is 107 Å². The van der Waals surface area contributed by atoms with E-state index in [1.807, 2.05) is 18.3 Å². The summed E-state index contributed by atoms with van der Waals surface area (Å²) in [6.07, 6.45) is 4.04. The molecule has 0 spiro atoms. The zero-order valence-electron chi connectivity index (χ0n) is 24.0. The molecule has 1 fully saturated rings. The molecule has 1 aromatic heterocycles. The number of benzene rings is 3. The van der Waals surface area contributed by atoms with Crippen molar-refractivity contribution in [3.63, 3.8) is 0 Å². The number of anilines is 2. The Kier molecular flexibility index (Phi) is 8.53. The molecule has 216 valence electrons. The van der Waals surface area contributed by atoms with Gasteiger partial charge in [0.25, 0.3) is 0 Å². The van der Waals surface area contributed by atoms with Gasteiger partial charge in [-0.3, -0.25) is 4.79 Å². The number of likely N-dealkylation sites (N-methyl/N-ethyl adjacent to an activating group) is 1.